The van der Waals surface area contributed by atoms with Gasteiger partial charge in [-0.15, -0.1) is 11.3 Å². The van der Waals surface area contributed by atoms with Crippen molar-refractivity contribution in [2.24, 2.45) is 5.92 Å². The molecule has 0 saturated heterocycles. The molecule has 1 heterocycles. The van der Waals surface area contributed by atoms with Crippen molar-refractivity contribution in [3.8, 4) is 10.4 Å². The lowest BCUT2D eigenvalue weighted by atomic mass is 10.1. The number of halogens is 2. The van der Waals surface area contributed by atoms with Crippen molar-refractivity contribution in [3.05, 3.63) is 44.6 Å². The summed E-state index contributed by atoms with van der Waals surface area (Å²) < 4.78 is 14.2. The molecule has 21 heavy (non-hydrogen) atoms. The highest BCUT2D eigenvalue weighted by Gasteiger charge is 2.32. The quantitative estimate of drug-likeness (QED) is 0.605. The lowest BCUT2D eigenvalue weighted by molar-refractivity contribution is 0.488. The van der Waals surface area contributed by atoms with Gasteiger partial charge in [0.2, 0.25) is 0 Å². The lowest BCUT2D eigenvalue weighted by Crippen LogP contribution is -2.22. The van der Waals surface area contributed by atoms with Crippen LogP contribution in [0.4, 0.5) is 4.39 Å². The summed E-state index contributed by atoms with van der Waals surface area (Å²) >= 11 is 4.06. The standard InChI is InChI=1S/C17H19FINS/c1-2-9-20-17(11-3-4-11)16-8-7-15(21-16)13-6-5-12(18)10-14(13)19/h5-8,10-11,17,20H,2-4,9H2,1H3. The van der Waals surface area contributed by atoms with Gasteiger partial charge in [0.1, 0.15) is 5.82 Å². The summed E-state index contributed by atoms with van der Waals surface area (Å²) in [5.74, 6) is 0.635. The Morgan fingerprint density at radius 1 is 1.33 bits per heavy atom. The molecule has 1 saturated carbocycles. The molecule has 112 valence electrons. The van der Waals surface area contributed by atoms with E-state index in [2.05, 4.69) is 47.0 Å². The van der Waals surface area contributed by atoms with E-state index in [1.807, 2.05) is 17.4 Å². The summed E-state index contributed by atoms with van der Waals surface area (Å²) in [6, 6.07) is 9.96. The van der Waals surface area contributed by atoms with Gasteiger partial charge in [0.15, 0.2) is 0 Å². The Bertz CT molecular complexity index is 621. The van der Waals surface area contributed by atoms with Gasteiger partial charge >= 0.3 is 0 Å². The van der Waals surface area contributed by atoms with Crippen molar-refractivity contribution in [2.75, 3.05) is 6.54 Å². The minimum absolute atomic E-state index is 0.166. The molecule has 1 aliphatic rings. The van der Waals surface area contributed by atoms with Gasteiger partial charge in [-0.05, 0) is 84.6 Å². The van der Waals surface area contributed by atoms with Crippen LogP contribution < -0.4 is 5.32 Å². The van der Waals surface area contributed by atoms with Crippen molar-refractivity contribution in [3.63, 3.8) is 0 Å². The van der Waals surface area contributed by atoms with E-state index in [0.29, 0.717) is 6.04 Å². The molecule has 0 amide bonds. The fourth-order valence-electron chi connectivity index (χ4n) is 2.58. The normalized spacial score (nSPS) is 16.1. The van der Waals surface area contributed by atoms with E-state index in [0.717, 1.165) is 28.0 Å². The summed E-state index contributed by atoms with van der Waals surface area (Å²) in [5.41, 5.74) is 1.14. The fourth-order valence-corrected chi connectivity index (χ4v) is 4.75. The van der Waals surface area contributed by atoms with Crippen LogP contribution in [-0.4, -0.2) is 6.54 Å². The summed E-state index contributed by atoms with van der Waals surface area (Å²) in [7, 11) is 0. The van der Waals surface area contributed by atoms with E-state index in [1.165, 1.54) is 22.6 Å². The van der Waals surface area contributed by atoms with E-state index in [4.69, 9.17) is 0 Å². The summed E-state index contributed by atoms with van der Waals surface area (Å²) in [5, 5.41) is 3.68. The van der Waals surface area contributed by atoms with E-state index in [-0.39, 0.29) is 5.82 Å². The van der Waals surface area contributed by atoms with Crippen LogP contribution in [0, 0.1) is 15.3 Å². The van der Waals surface area contributed by atoms with Gasteiger partial charge < -0.3 is 5.32 Å². The zero-order valence-electron chi connectivity index (χ0n) is 12.0. The minimum atomic E-state index is -0.166. The average molecular weight is 415 g/mol. The van der Waals surface area contributed by atoms with Crippen LogP contribution in [0.1, 0.15) is 37.1 Å². The summed E-state index contributed by atoms with van der Waals surface area (Å²) in [6.45, 7) is 3.28. The molecule has 0 bridgehead atoms. The molecule has 1 aromatic carbocycles. The van der Waals surface area contributed by atoms with E-state index < -0.39 is 0 Å². The SMILES string of the molecule is CCCNC(c1ccc(-c2ccc(F)cc2I)s1)C1CC1. The van der Waals surface area contributed by atoms with Crippen LogP contribution in [-0.2, 0) is 0 Å². The zero-order valence-corrected chi connectivity index (χ0v) is 15.0. The Balaban J connectivity index is 1.84. The van der Waals surface area contributed by atoms with Crippen molar-refractivity contribution in [1.82, 2.24) is 5.32 Å². The second kappa shape index (κ2) is 6.75. The van der Waals surface area contributed by atoms with Crippen molar-refractivity contribution in [2.45, 2.75) is 32.2 Å². The van der Waals surface area contributed by atoms with Gasteiger partial charge in [0, 0.05) is 24.9 Å². The van der Waals surface area contributed by atoms with Gasteiger partial charge in [-0.25, -0.2) is 4.39 Å². The lowest BCUT2D eigenvalue weighted by Gasteiger charge is -2.16. The third-order valence-corrected chi connectivity index (χ3v) is 5.93. The Kier molecular flexibility index (Phi) is 4.96. The first-order chi connectivity index (χ1) is 10.2. The summed E-state index contributed by atoms with van der Waals surface area (Å²) in [4.78, 5) is 2.65. The molecule has 1 N–H and O–H groups in total. The maximum atomic E-state index is 13.2. The van der Waals surface area contributed by atoms with Crippen LogP contribution in [0.25, 0.3) is 10.4 Å². The van der Waals surface area contributed by atoms with Crippen LogP contribution in [0.15, 0.2) is 30.3 Å². The van der Waals surface area contributed by atoms with Gasteiger partial charge in [0.25, 0.3) is 0 Å². The van der Waals surface area contributed by atoms with Crippen molar-refractivity contribution in [1.29, 1.82) is 0 Å². The number of thiophene rings is 1. The Morgan fingerprint density at radius 3 is 2.81 bits per heavy atom. The summed E-state index contributed by atoms with van der Waals surface area (Å²) in [6.07, 6.45) is 3.84. The Morgan fingerprint density at radius 2 is 2.14 bits per heavy atom. The van der Waals surface area contributed by atoms with Gasteiger partial charge in [-0.1, -0.05) is 6.92 Å². The van der Waals surface area contributed by atoms with Crippen LogP contribution in [0.5, 0.6) is 0 Å². The van der Waals surface area contributed by atoms with E-state index in [1.54, 1.807) is 12.1 Å². The largest absolute Gasteiger partial charge is 0.309 e. The van der Waals surface area contributed by atoms with E-state index >= 15 is 0 Å². The molecule has 3 rings (SSSR count). The maximum absolute atomic E-state index is 13.2. The molecule has 1 aromatic heterocycles. The molecule has 1 nitrogen and oxygen atoms in total. The molecule has 0 spiro atoms. The zero-order chi connectivity index (χ0) is 14.8. The predicted octanol–water partition coefficient (Wildman–Crippen LogP) is 5.61. The molecule has 4 heteroatoms. The first kappa shape index (κ1) is 15.4. The van der Waals surface area contributed by atoms with Gasteiger partial charge in [0.05, 0.1) is 0 Å². The molecule has 0 radical (unpaired) electrons. The van der Waals surface area contributed by atoms with Crippen LogP contribution in [0.2, 0.25) is 0 Å². The van der Waals surface area contributed by atoms with Crippen LogP contribution >= 0.6 is 33.9 Å². The number of benzene rings is 1. The number of nitrogens with one attached hydrogen (secondary N) is 1. The van der Waals surface area contributed by atoms with E-state index in [9.17, 15) is 4.39 Å². The third kappa shape index (κ3) is 3.66. The second-order valence-corrected chi connectivity index (χ2v) is 7.87. The fraction of sp³-hybridized carbons (Fsp3) is 0.412. The van der Waals surface area contributed by atoms with Gasteiger partial charge in [-0.2, -0.15) is 0 Å². The van der Waals surface area contributed by atoms with Crippen molar-refractivity contribution >= 4 is 33.9 Å². The molecule has 1 fully saturated rings. The molecule has 1 unspecified atom stereocenters. The number of hydrogen-bond donors (Lipinski definition) is 1. The van der Waals surface area contributed by atoms with Gasteiger partial charge in [-0.3, -0.25) is 0 Å². The highest BCUT2D eigenvalue weighted by Crippen LogP contribution is 2.44. The molecule has 1 atom stereocenters. The average Bonchev–Trinajstić information content (AvgIpc) is 3.18. The molecular formula is C17H19FINS. The predicted molar refractivity (Wildman–Crippen MR) is 96.2 cm³/mol. The molecule has 0 aliphatic heterocycles. The second-order valence-electron chi connectivity index (χ2n) is 5.60. The Hall–Kier alpha value is -0.460. The van der Waals surface area contributed by atoms with Crippen LogP contribution in [0.3, 0.4) is 0 Å². The Labute approximate surface area is 143 Å². The highest BCUT2D eigenvalue weighted by atomic mass is 127. The topological polar surface area (TPSA) is 12.0 Å². The monoisotopic (exact) mass is 415 g/mol. The maximum Gasteiger partial charge on any atom is 0.124 e. The van der Waals surface area contributed by atoms with Crippen molar-refractivity contribution < 1.29 is 4.39 Å². The smallest absolute Gasteiger partial charge is 0.124 e. The number of rotatable bonds is 6. The molecule has 2 aromatic rings. The molecular weight excluding hydrogens is 396 g/mol. The molecule has 1 aliphatic carbocycles. The first-order valence-electron chi connectivity index (χ1n) is 7.47. The highest BCUT2D eigenvalue weighted by molar-refractivity contribution is 14.1. The minimum Gasteiger partial charge on any atom is -0.309 e. The third-order valence-electron chi connectivity index (χ3n) is 3.84. The number of hydrogen-bond acceptors (Lipinski definition) is 2. The first-order valence-corrected chi connectivity index (χ1v) is 9.37.